The lowest BCUT2D eigenvalue weighted by Crippen LogP contribution is -2.07. The molecule has 0 aliphatic rings. The van der Waals surface area contributed by atoms with Gasteiger partial charge >= 0.3 is 5.97 Å². The van der Waals surface area contributed by atoms with Crippen LogP contribution in [0.15, 0.2) is 18.5 Å². The molecule has 76 valence electrons. The predicted molar refractivity (Wildman–Crippen MR) is 53.8 cm³/mol. The third-order valence-electron chi connectivity index (χ3n) is 1.73. The van der Waals surface area contributed by atoms with Crippen molar-refractivity contribution < 1.29 is 9.53 Å². The van der Waals surface area contributed by atoms with Gasteiger partial charge in [-0.2, -0.15) is 0 Å². The van der Waals surface area contributed by atoms with Gasteiger partial charge in [0.1, 0.15) is 0 Å². The van der Waals surface area contributed by atoms with Crippen molar-refractivity contribution in [1.29, 1.82) is 0 Å². The summed E-state index contributed by atoms with van der Waals surface area (Å²) >= 11 is 0. The number of carbonyl (C=O) groups excluding carboxylic acids is 1. The van der Waals surface area contributed by atoms with Gasteiger partial charge in [-0.05, 0) is 12.5 Å². The van der Waals surface area contributed by atoms with Crippen LogP contribution in [0.3, 0.4) is 0 Å². The first-order valence-corrected chi connectivity index (χ1v) is 4.61. The van der Waals surface area contributed by atoms with E-state index >= 15 is 0 Å². The summed E-state index contributed by atoms with van der Waals surface area (Å²) < 4.78 is 4.99. The molecular weight excluding hydrogens is 180 g/mol. The van der Waals surface area contributed by atoms with E-state index in [1.54, 1.807) is 6.07 Å². The van der Waals surface area contributed by atoms with Gasteiger partial charge in [-0.3, -0.25) is 4.98 Å². The number of aromatic nitrogens is 1. The molecule has 0 saturated carbocycles. The summed E-state index contributed by atoms with van der Waals surface area (Å²) in [6, 6.07) is 1.56. The van der Waals surface area contributed by atoms with Crippen molar-refractivity contribution >= 4 is 11.7 Å². The molecule has 1 heterocycles. The van der Waals surface area contributed by atoms with Crippen LogP contribution in [0.1, 0.15) is 30.1 Å². The first-order chi connectivity index (χ1) is 6.74. The molecule has 4 heteroatoms. The summed E-state index contributed by atoms with van der Waals surface area (Å²) in [4.78, 5) is 15.2. The fourth-order valence-corrected chi connectivity index (χ4v) is 0.962. The minimum Gasteiger partial charge on any atom is -0.462 e. The fourth-order valence-electron chi connectivity index (χ4n) is 0.962. The Morgan fingerprint density at radius 1 is 1.57 bits per heavy atom. The van der Waals surface area contributed by atoms with Gasteiger partial charge in [0.2, 0.25) is 0 Å². The third-order valence-corrected chi connectivity index (χ3v) is 1.73. The Morgan fingerprint density at radius 2 is 2.36 bits per heavy atom. The van der Waals surface area contributed by atoms with E-state index in [0.717, 1.165) is 12.8 Å². The molecule has 0 unspecified atom stereocenters. The molecule has 0 amide bonds. The van der Waals surface area contributed by atoms with Gasteiger partial charge in [0.15, 0.2) is 0 Å². The second kappa shape index (κ2) is 5.21. The van der Waals surface area contributed by atoms with Gasteiger partial charge < -0.3 is 10.5 Å². The highest BCUT2D eigenvalue weighted by molar-refractivity contribution is 5.89. The average Bonchev–Trinajstić information content (AvgIpc) is 2.18. The van der Waals surface area contributed by atoms with Crippen molar-refractivity contribution in [2.45, 2.75) is 19.8 Å². The van der Waals surface area contributed by atoms with Crippen LogP contribution in [0.5, 0.6) is 0 Å². The number of nitrogen functional groups attached to an aromatic ring is 1. The lowest BCUT2D eigenvalue weighted by atomic mass is 10.3. The first kappa shape index (κ1) is 10.5. The minimum atomic E-state index is -0.363. The Morgan fingerprint density at radius 3 is 3.00 bits per heavy atom. The quantitative estimate of drug-likeness (QED) is 0.584. The summed E-state index contributed by atoms with van der Waals surface area (Å²) in [5.41, 5.74) is 6.35. The van der Waals surface area contributed by atoms with E-state index in [2.05, 4.69) is 4.98 Å². The highest BCUT2D eigenvalue weighted by Gasteiger charge is 2.06. The molecule has 0 aliphatic heterocycles. The summed E-state index contributed by atoms with van der Waals surface area (Å²) in [6.07, 6.45) is 4.82. The highest BCUT2D eigenvalue weighted by atomic mass is 16.5. The van der Waals surface area contributed by atoms with E-state index in [-0.39, 0.29) is 5.97 Å². The molecule has 0 saturated heterocycles. The van der Waals surface area contributed by atoms with Crippen LogP contribution in [-0.2, 0) is 4.74 Å². The smallest absolute Gasteiger partial charge is 0.339 e. The molecule has 0 radical (unpaired) electrons. The number of anilines is 1. The van der Waals surface area contributed by atoms with Gasteiger partial charge in [0.25, 0.3) is 0 Å². The lowest BCUT2D eigenvalue weighted by Gasteiger charge is -2.03. The average molecular weight is 194 g/mol. The molecule has 0 fully saturated rings. The number of hydrogen-bond acceptors (Lipinski definition) is 4. The molecule has 2 N–H and O–H groups in total. The summed E-state index contributed by atoms with van der Waals surface area (Å²) in [7, 11) is 0. The fraction of sp³-hybridized carbons (Fsp3) is 0.400. The number of ether oxygens (including phenoxy) is 1. The van der Waals surface area contributed by atoms with Crippen LogP contribution in [-0.4, -0.2) is 17.6 Å². The van der Waals surface area contributed by atoms with Crippen LogP contribution in [0.4, 0.5) is 5.69 Å². The molecular formula is C10H14N2O2. The van der Waals surface area contributed by atoms with Crippen LogP contribution in [0.2, 0.25) is 0 Å². The van der Waals surface area contributed by atoms with E-state index in [9.17, 15) is 4.79 Å². The number of unbranched alkanes of at least 4 members (excludes halogenated alkanes) is 1. The molecule has 0 aromatic carbocycles. The maximum absolute atomic E-state index is 11.4. The topological polar surface area (TPSA) is 65.2 Å². The van der Waals surface area contributed by atoms with E-state index < -0.39 is 0 Å². The molecule has 0 aliphatic carbocycles. The van der Waals surface area contributed by atoms with Crippen molar-refractivity contribution in [2.75, 3.05) is 12.3 Å². The summed E-state index contributed by atoms with van der Waals surface area (Å²) in [5.74, 6) is -0.363. The molecule has 4 nitrogen and oxygen atoms in total. The van der Waals surface area contributed by atoms with Gasteiger partial charge in [0.05, 0.1) is 17.9 Å². The Kier molecular flexibility index (Phi) is 3.91. The number of esters is 1. The van der Waals surface area contributed by atoms with Gasteiger partial charge in [-0.1, -0.05) is 13.3 Å². The van der Waals surface area contributed by atoms with Crippen LogP contribution in [0.25, 0.3) is 0 Å². The predicted octanol–water partition coefficient (Wildman–Crippen LogP) is 1.62. The Hall–Kier alpha value is -1.58. The van der Waals surface area contributed by atoms with E-state index in [1.165, 1.54) is 12.4 Å². The summed E-state index contributed by atoms with van der Waals surface area (Å²) in [6.45, 7) is 2.49. The molecule has 1 rings (SSSR count). The van der Waals surface area contributed by atoms with E-state index in [1.807, 2.05) is 6.92 Å². The zero-order valence-electron chi connectivity index (χ0n) is 8.19. The number of carbonyl (C=O) groups is 1. The van der Waals surface area contributed by atoms with Crippen molar-refractivity contribution in [3.63, 3.8) is 0 Å². The number of hydrogen-bond donors (Lipinski definition) is 1. The van der Waals surface area contributed by atoms with E-state index in [4.69, 9.17) is 10.5 Å². The van der Waals surface area contributed by atoms with Crippen molar-refractivity contribution in [3.8, 4) is 0 Å². The monoisotopic (exact) mass is 194 g/mol. The number of nitrogens with zero attached hydrogens (tertiary/aromatic N) is 1. The molecule has 0 bridgehead atoms. The Bertz CT molecular complexity index is 313. The molecule has 14 heavy (non-hydrogen) atoms. The van der Waals surface area contributed by atoms with Crippen molar-refractivity contribution in [2.24, 2.45) is 0 Å². The van der Waals surface area contributed by atoms with Gasteiger partial charge in [0, 0.05) is 12.4 Å². The second-order valence-corrected chi connectivity index (χ2v) is 3.00. The summed E-state index contributed by atoms with van der Waals surface area (Å²) in [5, 5.41) is 0. The Balaban J connectivity index is 2.52. The zero-order valence-corrected chi connectivity index (χ0v) is 8.19. The largest absolute Gasteiger partial charge is 0.462 e. The lowest BCUT2D eigenvalue weighted by molar-refractivity contribution is 0.0499. The van der Waals surface area contributed by atoms with Gasteiger partial charge in [-0.15, -0.1) is 0 Å². The maximum atomic E-state index is 11.4. The van der Waals surface area contributed by atoms with Gasteiger partial charge in [-0.25, -0.2) is 4.79 Å². The van der Waals surface area contributed by atoms with Crippen molar-refractivity contribution in [3.05, 3.63) is 24.0 Å². The third kappa shape index (κ3) is 3.05. The minimum absolute atomic E-state index is 0.363. The number of pyridine rings is 1. The Labute approximate surface area is 83.1 Å². The highest BCUT2D eigenvalue weighted by Crippen LogP contribution is 2.05. The molecule has 0 atom stereocenters. The van der Waals surface area contributed by atoms with Crippen LogP contribution < -0.4 is 5.73 Å². The SMILES string of the molecule is CCCCOC(=O)c1cncc(N)c1. The number of nitrogens with two attached hydrogens (primary N) is 1. The van der Waals surface area contributed by atoms with Crippen molar-refractivity contribution in [1.82, 2.24) is 4.98 Å². The normalized spacial score (nSPS) is 9.79. The zero-order chi connectivity index (χ0) is 10.4. The standard InChI is InChI=1S/C10H14N2O2/c1-2-3-4-14-10(13)8-5-9(11)7-12-6-8/h5-7H,2-4,11H2,1H3. The van der Waals surface area contributed by atoms with Crippen LogP contribution >= 0.6 is 0 Å². The maximum Gasteiger partial charge on any atom is 0.339 e. The molecule has 0 spiro atoms. The number of rotatable bonds is 4. The van der Waals surface area contributed by atoms with E-state index in [0.29, 0.717) is 17.9 Å². The molecule has 1 aromatic heterocycles. The molecule has 1 aromatic rings. The first-order valence-electron chi connectivity index (χ1n) is 4.61. The van der Waals surface area contributed by atoms with Crippen LogP contribution in [0, 0.1) is 0 Å². The second-order valence-electron chi connectivity index (χ2n) is 3.00.